The van der Waals surface area contributed by atoms with Gasteiger partial charge in [-0.1, -0.05) is 158 Å². The lowest BCUT2D eigenvalue weighted by molar-refractivity contribution is 1.14. The summed E-state index contributed by atoms with van der Waals surface area (Å²) in [5, 5.41) is 15.2. The minimum Gasteiger partial charge on any atom is -0.319 e. The highest BCUT2D eigenvalue weighted by atomic mass is 15.1. The Labute approximate surface area is 347 Å². The zero-order valence-electron chi connectivity index (χ0n) is 32.4. The highest BCUT2D eigenvalue weighted by molar-refractivity contribution is 6.14. The minimum absolute atomic E-state index is 0.404. The molecule has 0 N–H and O–H groups in total. The molecule has 0 aliphatic rings. The highest BCUT2D eigenvalue weighted by Gasteiger charge is 2.25. The molecule has 11 aromatic rings. The number of nitrogens with zero attached hydrogens (tertiary/aromatic N) is 4. The predicted octanol–water partition coefficient (Wildman–Crippen LogP) is 15.0. The molecule has 0 spiro atoms. The van der Waals surface area contributed by atoms with E-state index in [1.165, 1.54) is 0 Å². The van der Waals surface area contributed by atoms with Crippen LogP contribution < -0.4 is 0 Å². The van der Waals surface area contributed by atoms with E-state index in [-0.39, 0.29) is 0 Å². The van der Waals surface area contributed by atoms with Crippen LogP contribution in [0, 0.1) is 17.9 Å². The molecule has 0 unspecified atom stereocenters. The summed E-state index contributed by atoms with van der Waals surface area (Å²) in [6.07, 6.45) is 0. The fourth-order valence-electron chi connectivity index (χ4n) is 8.96. The van der Waals surface area contributed by atoms with Crippen LogP contribution in [0.2, 0.25) is 0 Å². The quantitative estimate of drug-likeness (QED) is 0.155. The Hall–Kier alpha value is -8.44. The first-order valence-corrected chi connectivity index (χ1v) is 20.0. The van der Waals surface area contributed by atoms with Gasteiger partial charge < -0.3 is 9.13 Å². The van der Waals surface area contributed by atoms with Gasteiger partial charge in [-0.25, -0.2) is 4.85 Å². The van der Waals surface area contributed by atoms with Crippen molar-refractivity contribution in [3.05, 3.63) is 223 Å². The Morgan fingerprint density at radius 3 is 1.17 bits per heavy atom. The summed E-state index contributed by atoms with van der Waals surface area (Å²) in [6, 6.07) is 74.2. The molecule has 0 saturated carbocycles. The summed E-state index contributed by atoms with van der Waals surface area (Å²) in [7, 11) is 0. The Morgan fingerprint density at radius 1 is 0.367 bits per heavy atom. The molecule has 11 rings (SSSR count). The van der Waals surface area contributed by atoms with E-state index >= 15 is 0 Å². The molecule has 0 amide bonds. The van der Waals surface area contributed by atoms with Crippen molar-refractivity contribution in [2.24, 2.45) is 0 Å². The molecular formula is C56H34N4. The van der Waals surface area contributed by atoms with Gasteiger partial charge in [0.05, 0.1) is 51.6 Å². The zero-order valence-corrected chi connectivity index (χ0v) is 32.4. The third-order valence-electron chi connectivity index (χ3n) is 11.8. The van der Waals surface area contributed by atoms with E-state index in [0.717, 1.165) is 88.1 Å². The zero-order chi connectivity index (χ0) is 40.2. The number of nitriles is 1. The van der Waals surface area contributed by atoms with Crippen molar-refractivity contribution in [1.82, 2.24) is 9.13 Å². The van der Waals surface area contributed by atoms with Crippen LogP contribution in [0.25, 0.3) is 104 Å². The first-order valence-electron chi connectivity index (χ1n) is 20.0. The third-order valence-corrected chi connectivity index (χ3v) is 11.8. The third kappa shape index (κ3) is 5.59. The van der Waals surface area contributed by atoms with Crippen LogP contribution in [0.15, 0.2) is 206 Å². The van der Waals surface area contributed by atoms with Gasteiger partial charge in [0.25, 0.3) is 0 Å². The summed E-state index contributed by atoms with van der Waals surface area (Å²) < 4.78 is 4.37. The average molecular weight is 763 g/mol. The van der Waals surface area contributed by atoms with Gasteiger partial charge in [0.2, 0.25) is 5.69 Å². The molecule has 0 fully saturated rings. The van der Waals surface area contributed by atoms with Gasteiger partial charge in [-0.15, -0.1) is 0 Å². The molecule has 0 bridgehead atoms. The molecule has 278 valence electrons. The van der Waals surface area contributed by atoms with E-state index in [1.807, 2.05) is 36.4 Å². The van der Waals surface area contributed by atoms with Crippen LogP contribution in [0.3, 0.4) is 0 Å². The fraction of sp³-hybridized carbons (Fsp3) is 0. The van der Waals surface area contributed by atoms with E-state index in [1.54, 1.807) is 0 Å². The molecule has 0 aliphatic carbocycles. The lowest BCUT2D eigenvalue weighted by Gasteiger charge is -2.18. The monoisotopic (exact) mass is 762 g/mol. The second-order valence-corrected chi connectivity index (χ2v) is 15.1. The standard InChI is InChI=1S/C56H34N4/c1-58-55-52(59-53-34-43(39-18-10-4-11-19-39)22-27-46(53)47-28-23-44(35-54(47)59)40-20-12-5-13-21-40)31-26-45(36-57)56(55)60-50-29-24-41(37-14-6-2-7-15-37)32-48(50)49-33-42(25-30-51(49)60)38-16-8-3-9-17-38/h2-35H. The smallest absolute Gasteiger partial charge is 0.235 e. The maximum absolute atomic E-state index is 10.9. The van der Waals surface area contributed by atoms with Crippen molar-refractivity contribution in [2.45, 2.75) is 0 Å². The Kier molecular flexibility index (Phi) is 8.22. The summed E-state index contributed by atoms with van der Waals surface area (Å²) in [6.45, 7) is 8.97. The van der Waals surface area contributed by atoms with Crippen molar-refractivity contribution < 1.29 is 0 Å². The first-order chi connectivity index (χ1) is 29.7. The number of hydrogen-bond donors (Lipinski definition) is 0. The van der Waals surface area contributed by atoms with E-state index in [9.17, 15) is 5.26 Å². The van der Waals surface area contributed by atoms with Crippen LogP contribution >= 0.6 is 0 Å². The van der Waals surface area contributed by atoms with E-state index < -0.39 is 0 Å². The predicted molar refractivity (Wildman–Crippen MR) is 248 cm³/mol. The van der Waals surface area contributed by atoms with Crippen molar-refractivity contribution in [1.29, 1.82) is 5.26 Å². The summed E-state index contributed by atoms with van der Waals surface area (Å²) >= 11 is 0. The normalized spacial score (nSPS) is 11.3. The van der Waals surface area contributed by atoms with Crippen LogP contribution in [0.1, 0.15) is 5.56 Å². The minimum atomic E-state index is 0.404. The SMILES string of the molecule is [C-]#[N+]c1c(-n2c3cc(-c4ccccc4)ccc3c3ccc(-c4ccccc4)cc32)ccc(C#N)c1-n1c2ccc(-c3ccccc3)cc2c2cc(-c3ccccc3)ccc21. The fourth-order valence-corrected chi connectivity index (χ4v) is 8.96. The molecule has 0 saturated heterocycles. The first kappa shape index (κ1) is 34.8. The molecular weight excluding hydrogens is 729 g/mol. The molecule has 0 radical (unpaired) electrons. The summed E-state index contributed by atoms with van der Waals surface area (Å²) in [5.41, 5.74) is 14.8. The number of fused-ring (bicyclic) bond motifs is 6. The van der Waals surface area contributed by atoms with Gasteiger partial charge >= 0.3 is 0 Å². The molecule has 60 heavy (non-hydrogen) atoms. The number of aromatic nitrogens is 2. The molecule has 4 heteroatoms. The molecule has 2 aromatic heterocycles. The maximum atomic E-state index is 10.9. The number of hydrogen-bond acceptors (Lipinski definition) is 1. The van der Waals surface area contributed by atoms with E-state index in [2.05, 4.69) is 190 Å². The van der Waals surface area contributed by atoms with Gasteiger partial charge in [-0.3, -0.25) is 0 Å². The second kappa shape index (κ2) is 14.2. The van der Waals surface area contributed by atoms with Gasteiger partial charge in [0.1, 0.15) is 0 Å². The maximum Gasteiger partial charge on any atom is 0.235 e. The topological polar surface area (TPSA) is 38.0 Å². The summed E-state index contributed by atoms with van der Waals surface area (Å²) in [4.78, 5) is 4.37. The lowest BCUT2D eigenvalue weighted by Crippen LogP contribution is -2.03. The van der Waals surface area contributed by atoms with Crippen molar-refractivity contribution in [3.8, 4) is 62.0 Å². The second-order valence-electron chi connectivity index (χ2n) is 15.1. The molecule has 0 aliphatic heterocycles. The molecule has 9 aromatic carbocycles. The van der Waals surface area contributed by atoms with Gasteiger partial charge in [-0.2, -0.15) is 5.26 Å². The van der Waals surface area contributed by atoms with Crippen LogP contribution in [0.5, 0.6) is 0 Å². The van der Waals surface area contributed by atoms with Crippen molar-refractivity contribution in [3.63, 3.8) is 0 Å². The largest absolute Gasteiger partial charge is 0.319 e. The van der Waals surface area contributed by atoms with E-state index in [4.69, 9.17) is 6.57 Å². The van der Waals surface area contributed by atoms with Gasteiger partial charge in [-0.05, 0) is 93.0 Å². The summed E-state index contributed by atoms with van der Waals surface area (Å²) in [5.74, 6) is 0. The number of benzene rings is 9. The van der Waals surface area contributed by atoms with Crippen molar-refractivity contribution >= 4 is 49.3 Å². The highest BCUT2D eigenvalue weighted by Crippen LogP contribution is 2.45. The molecule has 0 atom stereocenters. The van der Waals surface area contributed by atoms with E-state index in [0.29, 0.717) is 22.6 Å². The molecule has 2 heterocycles. The lowest BCUT2D eigenvalue weighted by atomic mass is 10.0. The number of rotatable bonds is 6. The average Bonchev–Trinajstić information content (AvgIpc) is 3.83. The van der Waals surface area contributed by atoms with Crippen molar-refractivity contribution in [2.75, 3.05) is 0 Å². The van der Waals surface area contributed by atoms with Crippen LogP contribution in [0.4, 0.5) is 5.69 Å². The van der Waals surface area contributed by atoms with Gasteiger partial charge in [0.15, 0.2) is 0 Å². The Balaban J connectivity index is 1.23. The Morgan fingerprint density at radius 2 is 0.767 bits per heavy atom. The van der Waals surface area contributed by atoms with Gasteiger partial charge in [0, 0.05) is 21.5 Å². The molecule has 4 nitrogen and oxygen atoms in total. The Bertz CT molecular complexity index is 3340. The van der Waals surface area contributed by atoms with Crippen LogP contribution in [-0.2, 0) is 0 Å². The van der Waals surface area contributed by atoms with Crippen LogP contribution in [-0.4, -0.2) is 9.13 Å².